The van der Waals surface area contributed by atoms with E-state index >= 15 is 0 Å². The first-order chi connectivity index (χ1) is 17.3. The Balaban J connectivity index is 1.53. The van der Waals surface area contributed by atoms with E-state index < -0.39 is 11.6 Å². The number of benzene rings is 2. The van der Waals surface area contributed by atoms with E-state index in [0.717, 1.165) is 47.4 Å². The Hall–Kier alpha value is -3.32. The number of hydrogen-bond acceptors (Lipinski definition) is 6. The van der Waals surface area contributed by atoms with Gasteiger partial charge in [0.05, 0.1) is 22.0 Å². The van der Waals surface area contributed by atoms with Gasteiger partial charge in [-0.1, -0.05) is 55.1 Å². The summed E-state index contributed by atoms with van der Waals surface area (Å²) in [6, 6.07) is 12.8. The van der Waals surface area contributed by atoms with Gasteiger partial charge in [0.25, 0.3) is 0 Å². The Bertz CT molecular complexity index is 1340. The molecule has 0 spiro atoms. The Morgan fingerprint density at radius 2 is 1.83 bits per heavy atom. The molecule has 2 aromatic heterocycles. The molecule has 0 aliphatic carbocycles. The second-order valence-corrected chi connectivity index (χ2v) is 9.79. The first-order valence-corrected chi connectivity index (χ1v) is 12.7. The zero-order chi connectivity index (χ0) is 25.7. The number of carboxylic acids is 1. The minimum absolute atomic E-state index is 0.410. The van der Waals surface area contributed by atoms with E-state index in [1.807, 2.05) is 30.3 Å². The highest BCUT2D eigenvalue weighted by Crippen LogP contribution is 2.31. The number of halogens is 1. The molecule has 4 rings (SSSR count). The van der Waals surface area contributed by atoms with Crippen molar-refractivity contribution in [3.8, 4) is 17.2 Å². The van der Waals surface area contributed by atoms with Gasteiger partial charge >= 0.3 is 5.97 Å². The van der Waals surface area contributed by atoms with Gasteiger partial charge in [-0.25, -0.2) is 9.78 Å². The summed E-state index contributed by atoms with van der Waals surface area (Å²) in [7, 11) is 0. The molecule has 2 aromatic carbocycles. The van der Waals surface area contributed by atoms with Crippen LogP contribution in [-0.4, -0.2) is 26.8 Å². The summed E-state index contributed by atoms with van der Waals surface area (Å²) in [5.41, 5.74) is 1.68. The van der Waals surface area contributed by atoms with E-state index in [4.69, 9.17) is 30.3 Å². The van der Waals surface area contributed by atoms with Crippen LogP contribution >= 0.6 is 11.6 Å². The van der Waals surface area contributed by atoms with Crippen molar-refractivity contribution in [1.82, 2.24) is 10.1 Å². The van der Waals surface area contributed by atoms with E-state index in [1.54, 1.807) is 12.1 Å². The predicted octanol–water partition coefficient (Wildman–Crippen LogP) is 7.29. The average molecular weight is 511 g/mol. The van der Waals surface area contributed by atoms with E-state index in [9.17, 15) is 9.90 Å². The van der Waals surface area contributed by atoms with Crippen molar-refractivity contribution in [2.45, 2.75) is 71.3 Å². The average Bonchev–Trinajstić information content (AvgIpc) is 3.44. The van der Waals surface area contributed by atoms with Crippen LogP contribution in [0.15, 0.2) is 51.4 Å². The summed E-state index contributed by atoms with van der Waals surface area (Å²) < 4.78 is 17.3. The van der Waals surface area contributed by atoms with Crippen LogP contribution in [-0.2, 0) is 24.1 Å². The SMILES string of the molecule is CCCCCCc1oc(-c2ccccc2Cl)nc1CCc1noc2cc(OC(C)(C)C(=O)O)ccc12. The van der Waals surface area contributed by atoms with Crippen molar-refractivity contribution in [2.24, 2.45) is 0 Å². The van der Waals surface area contributed by atoms with Gasteiger partial charge in [-0.3, -0.25) is 0 Å². The van der Waals surface area contributed by atoms with E-state index in [2.05, 4.69) is 12.1 Å². The van der Waals surface area contributed by atoms with Crippen LogP contribution in [0.5, 0.6) is 5.75 Å². The van der Waals surface area contributed by atoms with Crippen LogP contribution in [0.1, 0.15) is 63.6 Å². The number of unbranched alkanes of at least 4 members (excludes halogenated alkanes) is 3. The molecule has 0 radical (unpaired) electrons. The summed E-state index contributed by atoms with van der Waals surface area (Å²) >= 11 is 6.39. The molecule has 8 heteroatoms. The number of aryl methyl sites for hydroxylation is 3. The molecule has 0 bridgehead atoms. The maximum Gasteiger partial charge on any atom is 0.347 e. The molecular weight excluding hydrogens is 480 g/mol. The number of aliphatic carboxylic acids is 1. The number of rotatable bonds is 12. The highest BCUT2D eigenvalue weighted by atomic mass is 35.5. The van der Waals surface area contributed by atoms with E-state index in [0.29, 0.717) is 35.1 Å². The molecule has 36 heavy (non-hydrogen) atoms. The van der Waals surface area contributed by atoms with Gasteiger partial charge in [0.15, 0.2) is 11.2 Å². The molecule has 0 unspecified atom stereocenters. The van der Waals surface area contributed by atoms with Crippen molar-refractivity contribution in [3.05, 3.63) is 64.6 Å². The summed E-state index contributed by atoms with van der Waals surface area (Å²) in [6.45, 7) is 5.19. The minimum Gasteiger partial charge on any atom is -0.478 e. The van der Waals surface area contributed by atoms with Crippen molar-refractivity contribution >= 4 is 28.5 Å². The van der Waals surface area contributed by atoms with E-state index in [1.165, 1.54) is 26.7 Å². The smallest absolute Gasteiger partial charge is 0.347 e. The van der Waals surface area contributed by atoms with Crippen LogP contribution in [0, 0.1) is 0 Å². The lowest BCUT2D eigenvalue weighted by Crippen LogP contribution is -2.37. The summed E-state index contributed by atoms with van der Waals surface area (Å²) in [5.74, 6) is 0.789. The molecule has 1 N–H and O–H groups in total. The molecule has 0 aliphatic rings. The molecule has 0 amide bonds. The predicted molar refractivity (Wildman–Crippen MR) is 139 cm³/mol. The Morgan fingerprint density at radius 3 is 2.58 bits per heavy atom. The highest BCUT2D eigenvalue weighted by molar-refractivity contribution is 6.33. The number of nitrogens with zero attached hydrogens (tertiary/aromatic N) is 2. The second-order valence-electron chi connectivity index (χ2n) is 9.38. The lowest BCUT2D eigenvalue weighted by molar-refractivity contribution is -0.152. The molecule has 190 valence electrons. The number of fused-ring (bicyclic) bond motifs is 1. The first-order valence-electron chi connectivity index (χ1n) is 12.3. The number of hydrogen-bond donors (Lipinski definition) is 1. The summed E-state index contributed by atoms with van der Waals surface area (Å²) in [5, 5.41) is 15.0. The van der Waals surface area contributed by atoms with Crippen molar-refractivity contribution in [2.75, 3.05) is 0 Å². The third-order valence-electron chi connectivity index (χ3n) is 6.14. The fraction of sp³-hybridized carbons (Fsp3) is 0.393. The summed E-state index contributed by atoms with van der Waals surface area (Å²) in [4.78, 5) is 16.2. The highest BCUT2D eigenvalue weighted by Gasteiger charge is 2.29. The van der Waals surface area contributed by atoms with E-state index in [-0.39, 0.29) is 0 Å². The van der Waals surface area contributed by atoms with Gasteiger partial charge in [0, 0.05) is 17.9 Å². The van der Waals surface area contributed by atoms with Gasteiger partial charge in [0.2, 0.25) is 5.89 Å². The maximum atomic E-state index is 11.4. The van der Waals surface area contributed by atoms with Gasteiger partial charge in [0.1, 0.15) is 11.5 Å². The number of ether oxygens (including phenoxy) is 1. The molecule has 0 saturated carbocycles. The minimum atomic E-state index is -1.35. The van der Waals surface area contributed by atoms with Gasteiger partial charge in [-0.15, -0.1) is 0 Å². The molecule has 0 saturated heterocycles. The Morgan fingerprint density at radius 1 is 1.06 bits per heavy atom. The molecule has 0 fully saturated rings. The van der Waals surface area contributed by atoms with Crippen molar-refractivity contribution in [1.29, 1.82) is 0 Å². The third kappa shape index (κ3) is 5.90. The van der Waals surface area contributed by atoms with Crippen molar-refractivity contribution < 1.29 is 23.6 Å². The van der Waals surface area contributed by atoms with Gasteiger partial charge < -0.3 is 18.8 Å². The van der Waals surface area contributed by atoms with Crippen LogP contribution in [0.2, 0.25) is 5.02 Å². The van der Waals surface area contributed by atoms with Crippen LogP contribution in [0.3, 0.4) is 0 Å². The molecule has 7 nitrogen and oxygen atoms in total. The van der Waals surface area contributed by atoms with Crippen LogP contribution in [0.25, 0.3) is 22.4 Å². The van der Waals surface area contributed by atoms with Gasteiger partial charge in [-0.2, -0.15) is 0 Å². The largest absolute Gasteiger partial charge is 0.478 e. The molecule has 0 atom stereocenters. The van der Waals surface area contributed by atoms with Crippen LogP contribution in [0.4, 0.5) is 0 Å². The standard InChI is InChI=1S/C28H31ClN2O5/c1-4-5-6-7-12-24-23(30-26(34-24)19-10-8-9-11-21(19)29)16-15-22-20-14-13-18(17-25(20)36-31-22)35-28(2,3)27(32)33/h8-11,13-14,17H,4-7,12,15-16H2,1-3H3,(H,32,33). The van der Waals surface area contributed by atoms with Gasteiger partial charge in [-0.05, 0) is 57.4 Å². The monoisotopic (exact) mass is 510 g/mol. The fourth-order valence-corrected chi connectivity index (χ4v) is 4.24. The lowest BCUT2D eigenvalue weighted by atomic mass is 10.1. The zero-order valence-corrected chi connectivity index (χ0v) is 21.6. The molecular formula is C28H31ClN2O5. The Kier molecular flexibility index (Phi) is 7.99. The second kappa shape index (κ2) is 11.2. The number of carbonyl (C=O) groups is 1. The normalized spacial score (nSPS) is 11.8. The zero-order valence-electron chi connectivity index (χ0n) is 20.8. The quantitative estimate of drug-likeness (QED) is 0.200. The molecule has 4 aromatic rings. The number of aromatic nitrogens is 2. The topological polar surface area (TPSA) is 98.6 Å². The third-order valence-corrected chi connectivity index (χ3v) is 6.47. The first kappa shape index (κ1) is 25.8. The number of carboxylic acid groups (broad SMARTS) is 1. The Labute approximate surface area is 215 Å². The molecule has 0 aliphatic heterocycles. The summed E-state index contributed by atoms with van der Waals surface area (Å²) in [6.07, 6.45) is 6.64. The number of oxazole rings is 1. The fourth-order valence-electron chi connectivity index (χ4n) is 4.03. The maximum absolute atomic E-state index is 11.4. The molecule has 2 heterocycles. The lowest BCUT2D eigenvalue weighted by Gasteiger charge is -2.21. The van der Waals surface area contributed by atoms with Crippen molar-refractivity contribution in [3.63, 3.8) is 0 Å². The van der Waals surface area contributed by atoms with Crippen LogP contribution < -0.4 is 4.74 Å².